The molecule has 1 heterocycles. The molecule has 0 spiro atoms. The molecule has 3 rings (SSSR count). The number of nitrogens with one attached hydrogen (secondary N) is 3. The lowest BCUT2D eigenvalue weighted by atomic mass is 10.1. The smallest absolute Gasteiger partial charge is 0.374 e. The van der Waals surface area contributed by atoms with Crippen molar-refractivity contribution in [3.8, 4) is 0 Å². The van der Waals surface area contributed by atoms with E-state index in [1.807, 2.05) is 30.9 Å². The molecule has 0 unspecified atom stereocenters. The monoisotopic (exact) mass is 448 g/mol. The fraction of sp³-hybridized carbons (Fsp3) is 0.391. The van der Waals surface area contributed by atoms with Gasteiger partial charge in [0.1, 0.15) is 0 Å². The summed E-state index contributed by atoms with van der Waals surface area (Å²) in [6.45, 7) is 4.84. The number of halogens is 3. The van der Waals surface area contributed by atoms with Gasteiger partial charge in [0.25, 0.3) is 0 Å². The van der Waals surface area contributed by atoms with Gasteiger partial charge in [-0.05, 0) is 62.1 Å². The molecule has 3 N–H and O–H groups in total. The van der Waals surface area contributed by atoms with Gasteiger partial charge < -0.3 is 20.9 Å². The molecule has 0 radical (unpaired) electrons. The first kappa shape index (κ1) is 23.4. The topological polar surface area (TPSA) is 73.5 Å². The van der Waals surface area contributed by atoms with E-state index in [1.165, 1.54) is 6.07 Å². The predicted molar refractivity (Wildman–Crippen MR) is 119 cm³/mol. The van der Waals surface area contributed by atoms with Crippen molar-refractivity contribution in [3.63, 3.8) is 0 Å². The molecule has 2 aromatic carbocycles. The number of aryl methyl sites for hydroxylation is 1. The van der Waals surface area contributed by atoms with Crippen molar-refractivity contribution in [1.82, 2.24) is 5.32 Å². The summed E-state index contributed by atoms with van der Waals surface area (Å²) < 4.78 is 39.5. The Hall–Kier alpha value is -3.23. The summed E-state index contributed by atoms with van der Waals surface area (Å²) in [5, 5.41) is 8.04. The molecule has 0 atom stereocenters. The van der Waals surface area contributed by atoms with E-state index in [0.717, 1.165) is 49.2 Å². The molecule has 172 valence electrons. The van der Waals surface area contributed by atoms with Crippen molar-refractivity contribution in [2.24, 2.45) is 0 Å². The molecule has 2 amide bonds. The lowest BCUT2D eigenvalue weighted by Gasteiger charge is -2.23. The first-order chi connectivity index (χ1) is 15.1. The molecule has 2 aromatic rings. The highest BCUT2D eigenvalue weighted by Gasteiger charge is 2.31. The Kier molecular flexibility index (Phi) is 7.27. The Balaban J connectivity index is 1.58. The van der Waals surface area contributed by atoms with Crippen molar-refractivity contribution in [1.29, 1.82) is 0 Å². The van der Waals surface area contributed by atoms with Crippen LogP contribution in [0, 0.1) is 13.8 Å². The van der Waals surface area contributed by atoms with E-state index >= 15 is 0 Å². The average molecular weight is 448 g/mol. The molecule has 1 saturated heterocycles. The van der Waals surface area contributed by atoms with Crippen molar-refractivity contribution in [2.45, 2.75) is 32.9 Å². The molecule has 32 heavy (non-hydrogen) atoms. The maximum Gasteiger partial charge on any atom is 0.416 e. The minimum absolute atomic E-state index is 0.241. The van der Waals surface area contributed by atoms with Crippen LogP contribution < -0.4 is 20.9 Å². The van der Waals surface area contributed by atoms with Gasteiger partial charge in [0.15, 0.2) is 0 Å². The number of hydrogen-bond acceptors (Lipinski definition) is 4. The van der Waals surface area contributed by atoms with E-state index in [0.29, 0.717) is 11.4 Å². The van der Waals surface area contributed by atoms with Crippen molar-refractivity contribution < 1.29 is 22.8 Å². The zero-order valence-corrected chi connectivity index (χ0v) is 18.1. The summed E-state index contributed by atoms with van der Waals surface area (Å²) in [5.74, 6) is -0.880. The number of amides is 2. The SMILES string of the molecule is Cc1cccc(NC(=O)CNC(=O)CNc2cc(C(F)(F)F)ccc2N2CCCC2)c1C. The third-order valence-corrected chi connectivity index (χ3v) is 5.53. The third kappa shape index (κ3) is 5.93. The summed E-state index contributed by atoms with van der Waals surface area (Å²) in [7, 11) is 0. The third-order valence-electron chi connectivity index (χ3n) is 5.53. The molecule has 6 nitrogen and oxygen atoms in total. The minimum atomic E-state index is -4.48. The van der Waals surface area contributed by atoms with Crippen LogP contribution in [0.15, 0.2) is 36.4 Å². The van der Waals surface area contributed by atoms with E-state index < -0.39 is 17.6 Å². The Bertz CT molecular complexity index is 986. The number of nitrogens with zero attached hydrogens (tertiary/aromatic N) is 1. The maximum absolute atomic E-state index is 13.2. The van der Waals surface area contributed by atoms with Crippen LogP contribution in [0.5, 0.6) is 0 Å². The van der Waals surface area contributed by atoms with Gasteiger partial charge in [-0.15, -0.1) is 0 Å². The largest absolute Gasteiger partial charge is 0.416 e. The fourth-order valence-corrected chi connectivity index (χ4v) is 3.59. The molecule has 0 saturated carbocycles. The molecule has 1 aliphatic heterocycles. The van der Waals surface area contributed by atoms with Crippen molar-refractivity contribution in [2.75, 3.05) is 41.7 Å². The molecule has 0 aromatic heterocycles. The second-order valence-corrected chi connectivity index (χ2v) is 7.85. The quantitative estimate of drug-likeness (QED) is 0.597. The van der Waals surface area contributed by atoms with Gasteiger partial charge in [0.2, 0.25) is 11.8 Å². The Morgan fingerprint density at radius 1 is 0.969 bits per heavy atom. The van der Waals surface area contributed by atoms with Crippen molar-refractivity contribution >= 4 is 28.9 Å². The number of alkyl halides is 3. The number of hydrogen-bond donors (Lipinski definition) is 3. The Labute approximate surface area is 185 Å². The maximum atomic E-state index is 13.2. The molecule has 0 bridgehead atoms. The molecular formula is C23H27F3N4O2. The predicted octanol–water partition coefficient (Wildman–Crippen LogP) is 4.09. The lowest BCUT2D eigenvalue weighted by molar-refractivity contribution is -0.137. The summed E-state index contributed by atoms with van der Waals surface area (Å²) in [6, 6.07) is 9.05. The zero-order valence-electron chi connectivity index (χ0n) is 18.1. The summed E-state index contributed by atoms with van der Waals surface area (Å²) >= 11 is 0. The second-order valence-electron chi connectivity index (χ2n) is 7.85. The van der Waals surface area contributed by atoms with Gasteiger partial charge in [0.05, 0.1) is 30.0 Å². The van der Waals surface area contributed by atoms with Gasteiger partial charge in [-0.3, -0.25) is 9.59 Å². The van der Waals surface area contributed by atoms with Gasteiger partial charge in [-0.1, -0.05) is 12.1 Å². The normalized spacial score (nSPS) is 13.7. The number of rotatable bonds is 7. The van der Waals surface area contributed by atoms with E-state index in [1.54, 1.807) is 6.07 Å². The number of carbonyl (C=O) groups excluding carboxylic acids is 2. The van der Waals surface area contributed by atoms with E-state index in [4.69, 9.17) is 0 Å². The highest BCUT2D eigenvalue weighted by Crippen LogP contribution is 2.36. The molecule has 0 aliphatic carbocycles. The van der Waals surface area contributed by atoms with Crippen LogP contribution in [0.3, 0.4) is 0 Å². The fourth-order valence-electron chi connectivity index (χ4n) is 3.59. The summed E-state index contributed by atoms with van der Waals surface area (Å²) in [5.41, 5.74) is 2.74. The molecule has 9 heteroatoms. The number of anilines is 3. The Morgan fingerprint density at radius 3 is 2.38 bits per heavy atom. The highest BCUT2D eigenvalue weighted by molar-refractivity contribution is 5.95. The van der Waals surface area contributed by atoms with Gasteiger partial charge in [-0.2, -0.15) is 13.2 Å². The van der Waals surface area contributed by atoms with E-state index in [-0.39, 0.29) is 24.7 Å². The molecular weight excluding hydrogens is 421 g/mol. The number of carbonyl (C=O) groups is 2. The highest BCUT2D eigenvalue weighted by atomic mass is 19.4. The average Bonchev–Trinajstić information content (AvgIpc) is 3.28. The second kappa shape index (κ2) is 9.93. The summed E-state index contributed by atoms with van der Waals surface area (Å²) in [6.07, 6.45) is -2.54. The summed E-state index contributed by atoms with van der Waals surface area (Å²) in [4.78, 5) is 26.4. The van der Waals surface area contributed by atoms with Gasteiger partial charge in [-0.25, -0.2) is 0 Å². The number of benzene rings is 2. The van der Waals surface area contributed by atoms with Crippen LogP contribution in [0.2, 0.25) is 0 Å². The lowest BCUT2D eigenvalue weighted by Crippen LogP contribution is -2.36. The van der Waals surface area contributed by atoms with Crippen LogP contribution >= 0.6 is 0 Å². The van der Waals surface area contributed by atoms with Crippen LogP contribution in [0.4, 0.5) is 30.2 Å². The minimum Gasteiger partial charge on any atom is -0.374 e. The van der Waals surface area contributed by atoms with Crippen LogP contribution in [0.25, 0.3) is 0 Å². The van der Waals surface area contributed by atoms with E-state index in [9.17, 15) is 22.8 Å². The van der Waals surface area contributed by atoms with E-state index in [2.05, 4.69) is 16.0 Å². The van der Waals surface area contributed by atoms with Crippen molar-refractivity contribution in [3.05, 3.63) is 53.1 Å². The molecule has 1 aliphatic rings. The first-order valence-corrected chi connectivity index (χ1v) is 10.5. The van der Waals surface area contributed by atoms with Crippen LogP contribution in [-0.2, 0) is 15.8 Å². The Morgan fingerprint density at radius 2 is 1.69 bits per heavy atom. The van der Waals surface area contributed by atoms with Crippen LogP contribution in [-0.4, -0.2) is 38.0 Å². The van der Waals surface area contributed by atoms with Gasteiger partial charge in [0, 0.05) is 18.8 Å². The zero-order chi connectivity index (χ0) is 23.3. The first-order valence-electron chi connectivity index (χ1n) is 10.5. The standard InChI is InChI=1S/C23H27F3N4O2/c1-15-6-5-7-18(16(15)2)29-22(32)14-28-21(31)13-27-19-12-17(23(24,25)26)8-9-20(19)30-10-3-4-11-30/h5-9,12,27H,3-4,10-11,13-14H2,1-2H3,(H,28,31)(H,29,32). The van der Waals surface area contributed by atoms with Gasteiger partial charge >= 0.3 is 6.18 Å². The van der Waals surface area contributed by atoms with Crippen LogP contribution in [0.1, 0.15) is 29.5 Å². The molecule has 1 fully saturated rings.